The zero-order valence-electron chi connectivity index (χ0n) is 6.41. The van der Waals surface area contributed by atoms with Crippen molar-refractivity contribution in [3.8, 4) is 0 Å². The smallest absolute Gasteiger partial charge is 0.515 e. The minimum Gasteiger partial charge on any atom is -0.515 e. The summed E-state index contributed by atoms with van der Waals surface area (Å²) in [5.41, 5.74) is 0.364. The maximum absolute atomic E-state index is 11.2. The molecule has 13 heavy (non-hydrogen) atoms. The lowest BCUT2D eigenvalue weighted by molar-refractivity contribution is -0.440. The maximum Gasteiger partial charge on any atom is 0.550 e. The fourth-order valence-electron chi connectivity index (χ4n) is 0.209. The molecule has 0 aliphatic rings. The van der Waals surface area contributed by atoms with Crippen LogP contribution >= 0.6 is 12.2 Å². The molecule has 0 rings (SSSR count). The number of allylic oxidation sites excluding steroid dienone is 1. The van der Waals surface area contributed by atoms with Crippen molar-refractivity contribution in [2.45, 2.75) is 13.3 Å². The lowest BCUT2D eigenvalue weighted by atomic mass is 10.4. The van der Waals surface area contributed by atoms with Gasteiger partial charge >= 0.3 is 6.36 Å². The Morgan fingerprint density at radius 2 is 2.15 bits per heavy atom. The molecule has 0 aromatic heterocycles. The second-order valence-corrected chi connectivity index (χ2v) is 2.28. The number of halogens is 3. The van der Waals surface area contributed by atoms with Crippen LogP contribution in [0.5, 0.6) is 0 Å². The fraction of sp³-hybridized carbons (Fsp3) is 0.400. The number of alkyl halides is 3. The Hall–Kier alpha value is -0.730. The van der Waals surface area contributed by atoms with Gasteiger partial charge in [-0.25, -0.2) is 0 Å². The molecular formula is C5H6F3NO3S. The third kappa shape index (κ3) is 9.18. The molecule has 0 atom stereocenters. The first-order valence-electron chi connectivity index (χ1n) is 2.88. The monoisotopic (exact) mass is 217 g/mol. The summed E-state index contributed by atoms with van der Waals surface area (Å²) >= 11 is 0.0991. The average molecular weight is 217 g/mol. The van der Waals surface area contributed by atoms with Crippen LogP contribution < -0.4 is 0 Å². The van der Waals surface area contributed by atoms with E-state index in [9.17, 15) is 13.2 Å². The van der Waals surface area contributed by atoms with Crippen LogP contribution in [0.25, 0.3) is 0 Å². The Labute approximate surface area is 76.3 Å². The standard InChI is InChI=1S/C5H6F3NO3S/c1-4(3-10)2-9-13-12-11-5(6,7)8/h2-3,10H,1H3/b4-3+,9-2-. The topological polar surface area (TPSA) is 51.0 Å². The zero-order valence-corrected chi connectivity index (χ0v) is 7.22. The van der Waals surface area contributed by atoms with Gasteiger partial charge in [0.2, 0.25) is 0 Å². The number of hydrogen-bond acceptors (Lipinski definition) is 5. The third-order valence-corrected chi connectivity index (χ3v) is 0.982. The highest BCUT2D eigenvalue weighted by Crippen LogP contribution is 2.19. The van der Waals surface area contributed by atoms with E-state index >= 15 is 0 Å². The number of hydrogen-bond donors (Lipinski definition) is 1. The van der Waals surface area contributed by atoms with Gasteiger partial charge in [-0.2, -0.15) is 4.40 Å². The van der Waals surface area contributed by atoms with Gasteiger partial charge in [0, 0.05) is 11.8 Å². The van der Waals surface area contributed by atoms with Crippen molar-refractivity contribution < 1.29 is 27.5 Å². The Morgan fingerprint density at radius 1 is 1.54 bits per heavy atom. The van der Waals surface area contributed by atoms with E-state index in [4.69, 9.17) is 5.11 Å². The molecule has 76 valence electrons. The largest absolute Gasteiger partial charge is 0.550 e. The highest BCUT2D eigenvalue weighted by atomic mass is 32.2. The van der Waals surface area contributed by atoms with Crippen LogP contribution in [0.3, 0.4) is 0 Å². The molecule has 0 aliphatic carbocycles. The highest BCUT2D eigenvalue weighted by Gasteiger charge is 2.31. The Morgan fingerprint density at radius 3 is 2.62 bits per heavy atom. The normalized spacial score (nSPS) is 14.0. The van der Waals surface area contributed by atoms with Crippen molar-refractivity contribution >= 4 is 18.4 Å². The third-order valence-electron chi connectivity index (χ3n) is 0.662. The molecule has 0 aliphatic heterocycles. The van der Waals surface area contributed by atoms with Gasteiger partial charge in [-0.05, 0) is 6.92 Å². The first-order chi connectivity index (χ1) is 5.95. The number of aliphatic hydroxyl groups is 1. The SMILES string of the molecule is CC(/C=N\SOOC(F)(F)F)=C\O. The van der Waals surface area contributed by atoms with Crippen molar-refractivity contribution in [2.75, 3.05) is 0 Å². The first-order valence-corrected chi connectivity index (χ1v) is 3.58. The van der Waals surface area contributed by atoms with Crippen LogP contribution in [0.4, 0.5) is 13.2 Å². The van der Waals surface area contributed by atoms with Crippen molar-refractivity contribution in [3.05, 3.63) is 11.8 Å². The van der Waals surface area contributed by atoms with E-state index in [0.29, 0.717) is 5.57 Å². The summed E-state index contributed by atoms with van der Waals surface area (Å²) < 4.78 is 40.6. The lowest BCUT2D eigenvalue weighted by Gasteiger charge is -2.01. The second kappa shape index (κ2) is 5.84. The Bertz CT molecular complexity index is 204. The van der Waals surface area contributed by atoms with Gasteiger partial charge in [-0.1, -0.05) is 0 Å². The van der Waals surface area contributed by atoms with E-state index in [1.807, 2.05) is 0 Å². The predicted octanol–water partition coefficient (Wildman–Crippen LogP) is 2.55. The van der Waals surface area contributed by atoms with Crippen LogP contribution in [0.1, 0.15) is 6.92 Å². The number of aliphatic hydroxyl groups excluding tert-OH is 1. The van der Waals surface area contributed by atoms with E-state index in [0.717, 1.165) is 12.5 Å². The van der Waals surface area contributed by atoms with Gasteiger partial charge in [-0.15, -0.1) is 22.4 Å². The molecule has 0 saturated heterocycles. The van der Waals surface area contributed by atoms with E-state index in [1.165, 1.54) is 6.92 Å². The van der Waals surface area contributed by atoms with Gasteiger partial charge in [0.25, 0.3) is 0 Å². The van der Waals surface area contributed by atoms with Crippen LogP contribution in [0, 0.1) is 0 Å². The molecule has 0 radical (unpaired) electrons. The molecule has 0 unspecified atom stereocenters. The van der Waals surface area contributed by atoms with E-state index in [2.05, 4.69) is 13.6 Å². The molecule has 0 fully saturated rings. The minimum absolute atomic E-state index is 0.0991. The van der Waals surface area contributed by atoms with Crippen molar-refractivity contribution in [2.24, 2.45) is 4.40 Å². The summed E-state index contributed by atoms with van der Waals surface area (Å²) in [6, 6.07) is 0. The summed E-state index contributed by atoms with van der Waals surface area (Å²) in [7, 11) is 0. The molecular weight excluding hydrogens is 211 g/mol. The molecule has 4 nitrogen and oxygen atoms in total. The Balaban J connectivity index is 3.52. The predicted molar refractivity (Wildman–Crippen MR) is 40.7 cm³/mol. The molecule has 0 aromatic carbocycles. The van der Waals surface area contributed by atoms with Crippen LogP contribution in [0.15, 0.2) is 16.2 Å². The highest BCUT2D eigenvalue weighted by molar-refractivity contribution is 7.93. The number of rotatable bonds is 4. The molecule has 0 spiro atoms. The van der Waals surface area contributed by atoms with Crippen LogP contribution in [0.2, 0.25) is 0 Å². The fourth-order valence-corrected chi connectivity index (χ4v) is 0.561. The maximum atomic E-state index is 11.2. The summed E-state index contributed by atoms with van der Waals surface area (Å²) in [5.74, 6) is 0. The average Bonchev–Trinajstić information content (AvgIpc) is 2.01. The van der Waals surface area contributed by atoms with Gasteiger partial charge in [-0.3, -0.25) is 0 Å². The summed E-state index contributed by atoms with van der Waals surface area (Å²) in [6.07, 6.45) is -3.00. The van der Waals surface area contributed by atoms with Gasteiger partial charge in [0.05, 0.1) is 6.26 Å². The van der Waals surface area contributed by atoms with Crippen LogP contribution in [-0.2, 0) is 9.22 Å². The minimum atomic E-state index is -4.84. The molecule has 0 bridgehead atoms. The van der Waals surface area contributed by atoms with Crippen molar-refractivity contribution in [3.63, 3.8) is 0 Å². The van der Waals surface area contributed by atoms with E-state index in [1.54, 1.807) is 0 Å². The molecule has 0 heterocycles. The summed E-state index contributed by atoms with van der Waals surface area (Å²) in [5, 5.41) is 8.31. The van der Waals surface area contributed by atoms with E-state index in [-0.39, 0.29) is 12.2 Å². The lowest BCUT2D eigenvalue weighted by Crippen LogP contribution is -2.10. The molecule has 0 aromatic rings. The van der Waals surface area contributed by atoms with Gasteiger partial charge in [0.1, 0.15) is 0 Å². The van der Waals surface area contributed by atoms with Crippen molar-refractivity contribution in [1.29, 1.82) is 0 Å². The summed E-state index contributed by atoms with van der Waals surface area (Å²) in [4.78, 5) is 2.91. The molecule has 8 heteroatoms. The van der Waals surface area contributed by atoms with Gasteiger partial charge in [0.15, 0.2) is 12.2 Å². The summed E-state index contributed by atoms with van der Waals surface area (Å²) in [6.45, 7) is 1.49. The van der Waals surface area contributed by atoms with E-state index < -0.39 is 6.36 Å². The first kappa shape index (κ1) is 12.3. The second-order valence-electron chi connectivity index (χ2n) is 1.78. The molecule has 0 saturated carbocycles. The molecule has 0 amide bonds. The van der Waals surface area contributed by atoms with Crippen molar-refractivity contribution in [1.82, 2.24) is 0 Å². The molecule has 1 N–H and O–H groups in total. The Kier molecular flexibility index (Phi) is 5.51. The number of nitrogens with zero attached hydrogens (tertiary/aromatic N) is 1. The zero-order chi connectivity index (χ0) is 10.3. The van der Waals surface area contributed by atoms with Gasteiger partial charge < -0.3 is 5.11 Å². The van der Waals surface area contributed by atoms with Crippen LogP contribution in [-0.4, -0.2) is 17.7 Å². The quantitative estimate of drug-likeness (QED) is 0.149.